The van der Waals surface area contributed by atoms with E-state index in [-0.39, 0.29) is 32.6 Å². The molecule has 78 heavy (non-hydrogen) atoms. The van der Waals surface area contributed by atoms with Crippen molar-refractivity contribution in [2.45, 2.75) is 0 Å². The van der Waals surface area contributed by atoms with Crippen molar-refractivity contribution in [1.82, 2.24) is 28.2 Å². The molecule has 0 saturated carbocycles. The van der Waals surface area contributed by atoms with E-state index in [1.165, 1.54) is 36.4 Å². The molecule has 15 aromatic rings. The Morgan fingerprint density at radius 1 is 0.256 bits per heavy atom. The molecule has 378 valence electrons. The molecule has 0 saturated heterocycles. The van der Waals surface area contributed by atoms with Crippen molar-refractivity contribution in [2.24, 2.45) is 28.2 Å². The van der Waals surface area contributed by atoms with Crippen LogP contribution in [-0.2, 0) is 28.2 Å². The third-order valence-electron chi connectivity index (χ3n) is 15.3. The monoisotopic (exact) mass is 1030 g/mol. The summed E-state index contributed by atoms with van der Waals surface area (Å²) in [7, 11) is 7.33. The van der Waals surface area contributed by atoms with Crippen molar-refractivity contribution in [1.29, 1.82) is 0 Å². The zero-order chi connectivity index (χ0) is 54.0. The number of aromatic nitrogens is 6. The summed E-state index contributed by atoms with van der Waals surface area (Å²) >= 11 is 0. The molecule has 12 nitrogen and oxygen atoms in total. The SMILES string of the molecule is Cn1c2cc(F)ccc2c(=O)c2cc3c(cc21)c(=O)c1ccc(F)cc1n3C.Cn1c2ccccc2c(=O)c2cc3c(cc21)c(=O)c1ccccc1n3C.O=c1c2ccccc2[nH]c2cc3c(=O)c4ccccc4[nH]c3cc12. The lowest BCUT2D eigenvalue weighted by Gasteiger charge is -2.14. The predicted molar refractivity (Wildman–Crippen MR) is 312 cm³/mol. The minimum absolute atomic E-state index is 0.00351. The van der Waals surface area contributed by atoms with Crippen molar-refractivity contribution in [3.8, 4) is 0 Å². The van der Waals surface area contributed by atoms with Crippen LogP contribution < -0.4 is 32.6 Å². The van der Waals surface area contributed by atoms with E-state index >= 15 is 0 Å². The van der Waals surface area contributed by atoms with E-state index in [1.54, 1.807) is 59.6 Å². The van der Waals surface area contributed by atoms with E-state index in [0.717, 1.165) is 33.1 Å². The van der Waals surface area contributed by atoms with Crippen LogP contribution >= 0.6 is 0 Å². The Bertz CT molecular complexity index is 5230. The van der Waals surface area contributed by atoms with Crippen molar-refractivity contribution in [3.63, 3.8) is 0 Å². The average molecular weight is 1030 g/mol. The molecule has 0 radical (unpaired) electrons. The maximum absolute atomic E-state index is 13.7. The second kappa shape index (κ2) is 17.6. The minimum atomic E-state index is -0.438. The van der Waals surface area contributed by atoms with Gasteiger partial charge in [-0.3, -0.25) is 28.8 Å². The van der Waals surface area contributed by atoms with Crippen LogP contribution in [0.1, 0.15) is 0 Å². The molecule has 6 aromatic heterocycles. The predicted octanol–water partition coefficient (Wildman–Crippen LogP) is 11.3. The van der Waals surface area contributed by atoms with Gasteiger partial charge in [0.25, 0.3) is 0 Å². The highest BCUT2D eigenvalue weighted by molar-refractivity contribution is 6.06. The number of hydrogen-bond acceptors (Lipinski definition) is 6. The Morgan fingerprint density at radius 3 is 0.885 bits per heavy atom. The molecular formula is C64H42F2N6O6. The Balaban J connectivity index is 0.000000112. The van der Waals surface area contributed by atoms with Crippen LogP contribution in [0.2, 0.25) is 0 Å². The Morgan fingerprint density at radius 2 is 0.526 bits per heavy atom. The van der Waals surface area contributed by atoms with Crippen LogP contribution in [0.25, 0.3) is 131 Å². The van der Waals surface area contributed by atoms with Gasteiger partial charge >= 0.3 is 0 Å². The van der Waals surface area contributed by atoms with Gasteiger partial charge in [-0.25, -0.2) is 8.78 Å². The molecule has 0 aliphatic heterocycles. The van der Waals surface area contributed by atoms with Gasteiger partial charge < -0.3 is 28.2 Å². The van der Waals surface area contributed by atoms with Gasteiger partial charge in [-0.05, 0) is 121 Å². The highest BCUT2D eigenvalue weighted by Crippen LogP contribution is 2.28. The first-order valence-electron chi connectivity index (χ1n) is 24.9. The minimum Gasteiger partial charge on any atom is -0.354 e. The van der Waals surface area contributed by atoms with Gasteiger partial charge in [0.1, 0.15) is 11.6 Å². The molecule has 0 unspecified atom stereocenters. The van der Waals surface area contributed by atoms with E-state index < -0.39 is 11.6 Å². The third-order valence-corrected chi connectivity index (χ3v) is 15.3. The van der Waals surface area contributed by atoms with Gasteiger partial charge in [-0.2, -0.15) is 0 Å². The van der Waals surface area contributed by atoms with Crippen molar-refractivity contribution >= 4 is 131 Å². The lowest BCUT2D eigenvalue weighted by atomic mass is 10.0. The molecule has 0 fully saturated rings. The van der Waals surface area contributed by atoms with E-state index in [1.807, 2.05) is 120 Å². The first kappa shape index (κ1) is 47.4. The molecule has 2 N–H and O–H groups in total. The van der Waals surface area contributed by atoms with Crippen molar-refractivity contribution < 1.29 is 8.78 Å². The molecule has 15 rings (SSSR count). The average Bonchev–Trinajstić information content (AvgIpc) is 3.66. The number of aromatic amines is 2. The molecule has 9 aromatic carbocycles. The third kappa shape index (κ3) is 7.17. The van der Waals surface area contributed by atoms with Gasteiger partial charge in [0.15, 0.2) is 32.6 Å². The number of H-pyrrole nitrogens is 2. The molecule has 0 aliphatic carbocycles. The fourth-order valence-corrected chi connectivity index (χ4v) is 11.3. The number of halogens is 2. The summed E-state index contributed by atoms with van der Waals surface area (Å²) in [6.07, 6.45) is 0. The van der Waals surface area contributed by atoms with Crippen LogP contribution in [0.3, 0.4) is 0 Å². The molecule has 6 heterocycles. The zero-order valence-corrected chi connectivity index (χ0v) is 42.2. The zero-order valence-electron chi connectivity index (χ0n) is 42.2. The first-order valence-corrected chi connectivity index (χ1v) is 24.9. The summed E-state index contributed by atoms with van der Waals surface area (Å²) in [6, 6.07) is 48.5. The summed E-state index contributed by atoms with van der Waals surface area (Å²) < 4.78 is 34.8. The lowest BCUT2D eigenvalue weighted by molar-refractivity contribution is 0.628. The Hall–Kier alpha value is -10.3. The van der Waals surface area contributed by atoms with E-state index in [0.29, 0.717) is 97.7 Å². The molecular weight excluding hydrogens is 987 g/mol. The fraction of sp³-hybridized carbons (Fsp3) is 0.0625. The van der Waals surface area contributed by atoms with Gasteiger partial charge in [0, 0.05) is 104 Å². The summed E-state index contributed by atoms with van der Waals surface area (Å²) in [5, 5.41) is 6.70. The quantitative estimate of drug-likeness (QED) is 0.144. The van der Waals surface area contributed by atoms with E-state index in [4.69, 9.17) is 0 Å². The van der Waals surface area contributed by atoms with Gasteiger partial charge in [-0.1, -0.05) is 48.5 Å². The number of rotatable bonds is 0. The maximum atomic E-state index is 13.7. The Kier molecular flexibility index (Phi) is 10.7. The highest BCUT2D eigenvalue weighted by Gasteiger charge is 2.18. The van der Waals surface area contributed by atoms with Crippen LogP contribution in [-0.4, -0.2) is 28.2 Å². The van der Waals surface area contributed by atoms with E-state index in [9.17, 15) is 37.5 Å². The molecule has 0 atom stereocenters. The van der Waals surface area contributed by atoms with Crippen LogP contribution in [0.15, 0.2) is 199 Å². The number of pyridine rings is 6. The van der Waals surface area contributed by atoms with Crippen LogP contribution in [0, 0.1) is 11.6 Å². The topological polar surface area (TPSA) is 154 Å². The number of para-hydroxylation sites is 4. The number of aryl methyl sites for hydroxylation is 4. The maximum Gasteiger partial charge on any atom is 0.197 e. The standard InChI is InChI=1S/C22H14F2N2O2.C22H16N2O2.C20H12N2O2/c1-25-17-7-11(23)3-5-13(17)21(27)15-10-20-16(9-19(15)25)22(28)14-6-4-12(24)8-18(14)26(20)2;1-23-17-9-5-3-7-13(17)21(25)15-12-20-16(11-19(15)23)22(26)14-8-4-6-10-18(14)24(20)2;23-19-11-5-1-3-7-15(11)21-17-10-14-18(9-13(17)19)22-16-8-4-2-6-12(16)20(14)24/h3-10H,1-2H3;3-12H,1-2H3;1-10H,(H,21,23)(H,22,24). The summed E-state index contributed by atoms with van der Waals surface area (Å²) in [5.41, 5.74) is 7.59. The largest absolute Gasteiger partial charge is 0.354 e. The molecule has 0 bridgehead atoms. The van der Waals surface area contributed by atoms with E-state index in [2.05, 4.69) is 9.97 Å². The molecule has 0 amide bonds. The van der Waals surface area contributed by atoms with Crippen molar-refractivity contribution in [2.75, 3.05) is 0 Å². The number of hydrogen-bond donors (Lipinski definition) is 2. The van der Waals surface area contributed by atoms with Gasteiger partial charge in [0.2, 0.25) is 0 Å². The molecule has 0 aliphatic rings. The van der Waals surface area contributed by atoms with Crippen LogP contribution in [0.5, 0.6) is 0 Å². The fourth-order valence-electron chi connectivity index (χ4n) is 11.3. The smallest absolute Gasteiger partial charge is 0.197 e. The van der Waals surface area contributed by atoms with Crippen LogP contribution in [0.4, 0.5) is 8.78 Å². The summed E-state index contributed by atoms with van der Waals surface area (Å²) in [5.74, 6) is -0.877. The normalized spacial score (nSPS) is 11.8. The van der Waals surface area contributed by atoms with Crippen molar-refractivity contribution in [3.05, 3.63) is 243 Å². The second-order valence-electron chi connectivity index (χ2n) is 19.6. The van der Waals surface area contributed by atoms with Gasteiger partial charge in [-0.15, -0.1) is 0 Å². The number of nitrogens with one attached hydrogen (secondary N) is 2. The first-order chi connectivity index (χ1) is 37.7. The summed E-state index contributed by atoms with van der Waals surface area (Å²) in [6.45, 7) is 0. The number of benzene rings is 9. The molecule has 0 spiro atoms. The number of nitrogens with zero attached hydrogens (tertiary/aromatic N) is 4. The number of fused-ring (bicyclic) bond motifs is 12. The summed E-state index contributed by atoms with van der Waals surface area (Å²) in [4.78, 5) is 84.2. The molecule has 14 heteroatoms. The highest BCUT2D eigenvalue weighted by atomic mass is 19.1. The lowest BCUT2D eigenvalue weighted by Crippen LogP contribution is -2.13. The van der Waals surface area contributed by atoms with Gasteiger partial charge in [0.05, 0.1) is 55.2 Å². The Labute approximate surface area is 437 Å². The second-order valence-corrected chi connectivity index (χ2v) is 19.6.